The topological polar surface area (TPSA) is 123 Å². The molecule has 0 aliphatic carbocycles. The molecule has 1 N–H and O–H groups in total. The van der Waals surface area contributed by atoms with Crippen molar-refractivity contribution in [2.24, 2.45) is 16.7 Å². The van der Waals surface area contributed by atoms with Crippen molar-refractivity contribution in [3.8, 4) is 24.0 Å². The van der Waals surface area contributed by atoms with Gasteiger partial charge < -0.3 is 14.2 Å². The van der Waals surface area contributed by atoms with Crippen molar-refractivity contribution in [3.63, 3.8) is 0 Å². The van der Waals surface area contributed by atoms with Crippen molar-refractivity contribution in [2.75, 3.05) is 7.11 Å². The molecule has 2 bridgehead atoms. The molecule has 4 unspecified atom stereocenters. The Bertz CT molecular complexity index is 1230. The molecule has 2 heterocycles. The molecule has 160 valence electrons. The largest absolute Gasteiger partial charge is 0.497 e. The molecule has 9 heteroatoms. The van der Waals surface area contributed by atoms with Gasteiger partial charge in [0.2, 0.25) is 17.1 Å². The minimum atomic E-state index is -2.06. The van der Waals surface area contributed by atoms with Crippen molar-refractivity contribution in [1.82, 2.24) is 0 Å². The van der Waals surface area contributed by atoms with E-state index >= 15 is 0 Å². The van der Waals surface area contributed by atoms with E-state index in [4.69, 9.17) is 42.8 Å². The summed E-state index contributed by atoms with van der Waals surface area (Å²) >= 11 is 12.5. The van der Waals surface area contributed by atoms with Crippen LogP contribution in [0.15, 0.2) is 42.5 Å². The molecule has 0 spiro atoms. The fourth-order valence-corrected chi connectivity index (χ4v) is 5.23. The number of hydrogen-bond acceptors (Lipinski definition) is 7. The highest BCUT2D eigenvalue weighted by Gasteiger charge is 2.80. The summed E-state index contributed by atoms with van der Waals surface area (Å²) in [6.45, 7) is 1.61. The molecule has 7 nitrogen and oxygen atoms in total. The predicted octanol–water partition coefficient (Wildman–Crippen LogP) is 5.11. The van der Waals surface area contributed by atoms with Crippen LogP contribution in [0.2, 0.25) is 10.0 Å². The van der Waals surface area contributed by atoms with Crippen molar-refractivity contribution in [1.29, 1.82) is 21.2 Å². The van der Waals surface area contributed by atoms with E-state index in [1.54, 1.807) is 43.3 Å². The van der Waals surface area contributed by atoms with Gasteiger partial charge in [0, 0.05) is 10.6 Å². The Kier molecular flexibility index (Phi) is 5.07. The predicted molar refractivity (Wildman–Crippen MR) is 115 cm³/mol. The summed E-state index contributed by atoms with van der Waals surface area (Å²) in [6.07, 6.45) is -1.23. The van der Waals surface area contributed by atoms with Crippen LogP contribution in [0, 0.1) is 56.2 Å². The van der Waals surface area contributed by atoms with Crippen LogP contribution in [0.3, 0.4) is 0 Å². The summed E-state index contributed by atoms with van der Waals surface area (Å²) in [5.74, 6) is -2.55. The number of fused-ring (bicyclic) bond motifs is 2. The number of methoxy groups -OCH3 is 1. The van der Waals surface area contributed by atoms with Crippen LogP contribution < -0.4 is 4.74 Å². The third kappa shape index (κ3) is 2.52. The molecule has 4 atom stereocenters. The molecule has 0 amide bonds. The Morgan fingerprint density at radius 1 is 1.03 bits per heavy atom. The van der Waals surface area contributed by atoms with Crippen LogP contribution in [0.5, 0.6) is 5.75 Å². The highest BCUT2D eigenvalue weighted by Crippen LogP contribution is 2.69. The lowest BCUT2D eigenvalue weighted by atomic mass is 9.53. The summed E-state index contributed by atoms with van der Waals surface area (Å²) in [7, 11) is 1.51. The van der Waals surface area contributed by atoms with Crippen molar-refractivity contribution in [3.05, 3.63) is 63.6 Å². The van der Waals surface area contributed by atoms with E-state index in [0.717, 1.165) is 0 Å². The number of nitrogens with one attached hydrogen (secondary N) is 1. The number of ether oxygens (including phenoxy) is 3. The first-order valence-corrected chi connectivity index (χ1v) is 10.3. The highest BCUT2D eigenvalue weighted by molar-refractivity contribution is 6.35. The molecule has 2 aromatic rings. The maximum atomic E-state index is 10.3. The molecular formula is C23H16Cl2N4O3. The van der Waals surface area contributed by atoms with Gasteiger partial charge in [0.15, 0.2) is 5.41 Å². The molecule has 0 aromatic heterocycles. The van der Waals surface area contributed by atoms with Crippen molar-refractivity contribution >= 4 is 29.1 Å². The maximum Gasteiger partial charge on any atom is 0.245 e. The molecule has 0 radical (unpaired) electrons. The number of benzene rings is 2. The summed E-state index contributed by atoms with van der Waals surface area (Å²) in [5.41, 5.74) is -3.18. The molecule has 0 saturated carbocycles. The first kappa shape index (κ1) is 21.9. The van der Waals surface area contributed by atoms with Gasteiger partial charge in [-0.3, -0.25) is 5.41 Å². The van der Waals surface area contributed by atoms with Crippen molar-refractivity contribution < 1.29 is 14.2 Å². The molecular weight excluding hydrogens is 451 g/mol. The average molecular weight is 467 g/mol. The van der Waals surface area contributed by atoms with Gasteiger partial charge in [-0.1, -0.05) is 42.3 Å². The smallest absolute Gasteiger partial charge is 0.245 e. The van der Waals surface area contributed by atoms with Gasteiger partial charge >= 0.3 is 0 Å². The fraction of sp³-hybridized carbons (Fsp3) is 0.304. The third-order valence-electron chi connectivity index (χ3n) is 6.39. The molecule has 2 aliphatic heterocycles. The molecule has 2 fully saturated rings. The van der Waals surface area contributed by atoms with Gasteiger partial charge in [0.1, 0.15) is 11.9 Å². The number of hydrogen-bond donors (Lipinski definition) is 1. The second-order valence-electron chi connectivity index (χ2n) is 7.67. The van der Waals surface area contributed by atoms with Gasteiger partial charge in [-0.25, -0.2) is 0 Å². The van der Waals surface area contributed by atoms with Gasteiger partial charge in [-0.05, 0) is 35.9 Å². The molecule has 32 heavy (non-hydrogen) atoms. The Morgan fingerprint density at radius 2 is 1.69 bits per heavy atom. The number of nitriles is 3. The van der Waals surface area contributed by atoms with Gasteiger partial charge in [-0.2, -0.15) is 15.8 Å². The van der Waals surface area contributed by atoms with Crippen LogP contribution in [0.1, 0.15) is 24.2 Å². The number of rotatable bonds is 3. The third-order valence-corrected chi connectivity index (χ3v) is 6.94. The normalized spacial score (nSPS) is 29.8. The SMILES string of the molecule is COc1ccc(C2OC3(c4ccc(Cl)cc4Cl)OC(=N)C(C#N)(C3C)C2(C#N)C#N)cc1. The average Bonchev–Trinajstić information content (AvgIpc) is 2.95. The quantitative estimate of drug-likeness (QED) is 0.669. The summed E-state index contributed by atoms with van der Waals surface area (Å²) in [4.78, 5) is 0. The van der Waals surface area contributed by atoms with Crippen LogP contribution in [0.25, 0.3) is 0 Å². The van der Waals surface area contributed by atoms with E-state index in [2.05, 4.69) is 6.07 Å². The molecule has 2 aliphatic rings. The second kappa shape index (κ2) is 7.40. The zero-order valence-corrected chi connectivity index (χ0v) is 18.5. The van der Waals surface area contributed by atoms with Crippen LogP contribution in [-0.2, 0) is 15.3 Å². The van der Waals surface area contributed by atoms with Gasteiger partial charge in [-0.15, -0.1) is 0 Å². The van der Waals surface area contributed by atoms with Crippen LogP contribution in [-0.4, -0.2) is 13.0 Å². The Balaban J connectivity index is 2.03. The summed E-state index contributed by atoms with van der Waals surface area (Å²) in [5, 5.41) is 40.0. The maximum absolute atomic E-state index is 10.3. The highest BCUT2D eigenvalue weighted by atomic mass is 35.5. The Morgan fingerprint density at radius 3 is 2.22 bits per heavy atom. The first-order valence-electron chi connectivity index (χ1n) is 9.55. The minimum Gasteiger partial charge on any atom is -0.497 e. The van der Waals surface area contributed by atoms with Crippen LogP contribution >= 0.6 is 23.2 Å². The van der Waals surface area contributed by atoms with E-state index in [1.165, 1.54) is 13.2 Å². The monoisotopic (exact) mass is 466 g/mol. The summed E-state index contributed by atoms with van der Waals surface area (Å²) < 4.78 is 17.5. The molecule has 2 aromatic carbocycles. The van der Waals surface area contributed by atoms with E-state index in [1.807, 2.05) is 12.1 Å². The van der Waals surface area contributed by atoms with E-state index in [0.29, 0.717) is 21.9 Å². The van der Waals surface area contributed by atoms with E-state index in [-0.39, 0.29) is 5.02 Å². The standard InChI is InChI=1S/C23H16Cl2N4O3/c1-13-22(12-28)20(29)32-23(13,17-8-5-15(24)9-18(17)25)31-19(21(22,10-26)11-27)14-3-6-16(30-2)7-4-14/h3-9,13,19,29H,1-2H3. The Hall–Kier alpha value is -3.28. The minimum absolute atomic E-state index is 0.209. The first-order chi connectivity index (χ1) is 15.3. The van der Waals surface area contributed by atoms with E-state index in [9.17, 15) is 15.8 Å². The van der Waals surface area contributed by atoms with Crippen LogP contribution in [0.4, 0.5) is 0 Å². The summed E-state index contributed by atoms with van der Waals surface area (Å²) in [6, 6.07) is 17.4. The molecule has 2 saturated heterocycles. The zero-order chi connectivity index (χ0) is 23.3. The zero-order valence-electron chi connectivity index (χ0n) is 17.0. The molecule has 4 rings (SSSR count). The van der Waals surface area contributed by atoms with Gasteiger partial charge in [0.25, 0.3) is 0 Å². The van der Waals surface area contributed by atoms with Gasteiger partial charge in [0.05, 0.1) is 36.3 Å². The lowest BCUT2D eigenvalue weighted by Crippen LogP contribution is -2.57. The lowest BCUT2D eigenvalue weighted by molar-refractivity contribution is -0.288. The lowest BCUT2D eigenvalue weighted by Gasteiger charge is -2.49. The Labute approximate surface area is 194 Å². The second-order valence-corrected chi connectivity index (χ2v) is 8.51. The van der Waals surface area contributed by atoms with Crippen molar-refractivity contribution in [2.45, 2.75) is 18.8 Å². The van der Waals surface area contributed by atoms with E-state index < -0.39 is 34.5 Å². The number of nitrogens with zero attached hydrogens (tertiary/aromatic N) is 3. The number of halogens is 2. The fourth-order valence-electron chi connectivity index (χ4n) is 4.69.